The highest BCUT2D eigenvalue weighted by molar-refractivity contribution is 7.98. The maximum atomic E-state index is 12.1. The van der Waals surface area contributed by atoms with Gasteiger partial charge in [0.05, 0.1) is 0 Å². The van der Waals surface area contributed by atoms with Crippen molar-refractivity contribution in [3.8, 4) is 0 Å². The van der Waals surface area contributed by atoms with Crippen LogP contribution >= 0.6 is 11.8 Å². The van der Waals surface area contributed by atoms with Gasteiger partial charge in [0, 0.05) is 28.7 Å². The number of nitrogens with one attached hydrogen (secondary N) is 1. The van der Waals surface area contributed by atoms with Gasteiger partial charge >= 0.3 is 6.43 Å². The van der Waals surface area contributed by atoms with E-state index < -0.39 is 12.3 Å². The lowest BCUT2D eigenvalue weighted by Gasteiger charge is -2.06. The SMILES string of the molecule is O=C(Nc1ccc(SCc2cccnc2)cc1)C(F)F. The quantitative estimate of drug-likeness (QED) is 0.857. The standard InChI is InChI=1S/C14H12F2N2OS/c15-13(16)14(19)18-11-3-5-12(6-4-11)20-9-10-2-1-7-17-8-10/h1-8,13H,9H2,(H,18,19). The first kappa shape index (κ1) is 14.5. The lowest BCUT2D eigenvalue weighted by molar-refractivity contribution is -0.126. The minimum absolute atomic E-state index is 0.362. The van der Waals surface area contributed by atoms with Crippen LogP contribution < -0.4 is 5.32 Å². The van der Waals surface area contributed by atoms with Crippen LogP contribution in [0.4, 0.5) is 14.5 Å². The summed E-state index contributed by atoms with van der Waals surface area (Å²) in [6.45, 7) is 0. The molecule has 20 heavy (non-hydrogen) atoms. The molecule has 0 aliphatic heterocycles. The molecule has 2 rings (SSSR count). The third-order valence-electron chi connectivity index (χ3n) is 2.45. The first-order valence-corrected chi connectivity index (χ1v) is 6.84. The molecule has 0 saturated heterocycles. The van der Waals surface area contributed by atoms with Crippen molar-refractivity contribution >= 4 is 23.4 Å². The van der Waals surface area contributed by atoms with E-state index in [1.54, 1.807) is 48.4 Å². The Morgan fingerprint density at radius 1 is 1.25 bits per heavy atom. The molecule has 0 saturated carbocycles. The summed E-state index contributed by atoms with van der Waals surface area (Å²) in [6.07, 6.45) is 0.508. The van der Waals surface area contributed by atoms with Crippen LogP contribution in [0.25, 0.3) is 0 Å². The number of hydrogen-bond acceptors (Lipinski definition) is 3. The second-order valence-electron chi connectivity index (χ2n) is 3.96. The summed E-state index contributed by atoms with van der Waals surface area (Å²) in [5.74, 6) is -0.517. The summed E-state index contributed by atoms with van der Waals surface area (Å²) >= 11 is 1.61. The summed E-state index contributed by atoms with van der Waals surface area (Å²) in [6, 6.07) is 10.6. The van der Waals surface area contributed by atoms with Gasteiger partial charge < -0.3 is 5.32 Å². The Morgan fingerprint density at radius 2 is 2.00 bits per heavy atom. The van der Waals surface area contributed by atoms with Gasteiger partial charge in [0.15, 0.2) is 0 Å². The van der Waals surface area contributed by atoms with Gasteiger partial charge in [0.25, 0.3) is 5.91 Å². The largest absolute Gasteiger partial charge is 0.321 e. The Kier molecular flexibility index (Phi) is 5.06. The van der Waals surface area contributed by atoms with E-state index in [1.807, 2.05) is 12.1 Å². The van der Waals surface area contributed by atoms with E-state index in [1.165, 1.54) is 0 Å². The Hall–Kier alpha value is -1.95. The van der Waals surface area contributed by atoms with E-state index in [4.69, 9.17) is 0 Å². The number of pyridine rings is 1. The first-order chi connectivity index (χ1) is 9.65. The number of halogens is 2. The molecule has 1 heterocycles. The summed E-state index contributed by atoms with van der Waals surface area (Å²) in [4.78, 5) is 15.9. The highest BCUT2D eigenvalue weighted by atomic mass is 32.2. The topological polar surface area (TPSA) is 42.0 Å². The van der Waals surface area contributed by atoms with Crippen LogP contribution in [0.2, 0.25) is 0 Å². The van der Waals surface area contributed by atoms with Gasteiger partial charge in [-0.2, -0.15) is 8.78 Å². The minimum atomic E-state index is -3.00. The molecule has 0 aliphatic rings. The zero-order valence-corrected chi connectivity index (χ0v) is 11.2. The smallest absolute Gasteiger partial charge is 0.315 e. The van der Waals surface area contributed by atoms with Crippen molar-refractivity contribution in [3.63, 3.8) is 0 Å². The molecule has 3 nitrogen and oxygen atoms in total. The third-order valence-corrected chi connectivity index (χ3v) is 3.53. The van der Waals surface area contributed by atoms with E-state index in [9.17, 15) is 13.6 Å². The van der Waals surface area contributed by atoms with Crippen molar-refractivity contribution in [3.05, 3.63) is 54.4 Å². The van der Waals surface area contributed by atoms with E-state index in [-0.39, 0.29) is 0 Å². The number of benzene rings is 1. The predicted octanol–water partition coefficient (Wildman–Crippen LogP) is 3.58. The molecule has 2 aromatic rings. The maximum Gasteiger partial charge on any atom is 0.315 e. The zero-order valence-electron chi connectivity index (χ0n) is 10.4. The molecule has 1 aromatic heterocycles. The number of aromatic nitrogens is 1. The minimum Gasteiger partial charge on any atom is -0.321 e. The number of thioether (sulfide) groups is 1. The number of rotatable bonds is 5. The van der Waals surface area contributed by atoms with E-state index >= 15 is 0 Å². The average Bonchev–Trinajstić information content (AvgIpc) is 2.47. The van der Waals surface area contributed by atoms with Crippen molar-refractivity contribution in [1.82, 2.24) is 4.98 Å². The Bertz CT molecular complexity index is 561. The molecule has 0 atom stereocenters. The van der Waals surface area contributed by atoms with Crippen molar-refractivity contribution in [2.75, 3.05) is 5.32 Å². The Balaban J connectivity index is 1.90. The predicted molar refractivity (Wildman–Crippen MR) is 74.9 cm³/mol. The monoisotopic (exact) mass is 294 g/mol. The number of amides is 1. The second-order valence-corrected chi connectivity index (χ2v) is 5.01. The molecule has 0 spiro atoms. The number of hydrogen-bond donors (Lipinski definition) is 1. The highest BCUT2D eigenvalue weighted by Gasteiger charge is 2.14. The summed E-state index contributed by atoms with van der Waals surface area (Å²) in [5, 5.41) is 2.13. The molecule has 6 heteroatoms. The number of carbonyl (C=O) groups excluding carboxylic acids is 1. The molecule has 104 valence electrons. The van der Waals surface area contributed by atoms with Crippen LogP contribution in [0.3, 0.4) is 0 Å². The Labute approximate surface area is 119 Å². The molecular formula is C14H12F2N2OS. The second kappa shape index (κ2) is 7.00. The van der Waals surface area contributed by atoms with Gasteiger partial charge in [0.2, 0.25) is 0 Å². The van der Waals surface area contributed by atoms with E-state index in [0.717, 1.165) is 16.2 Å². The lowest BCUT2D eigenvalue weighted by atomic mass is 10.3. The van der Waals surface area contributed by atoms with Crippen molar-refractivity contribution < 1.29 is 13.6 Å². The van der Waals surface area contributed by atoms with Crippen LogP contribution in [0, 0.1) is 0 Å². The molecule has 1 N–H and O–H groups in total. The van der Waals surface area contributed by atoms with Crippen molar-refractivity contribution in [1.29, 1.82) is 0 Å². The van der Waals surface area contributed by atoms with E-state index in [0.29, 0.717) is 5.69 Å². The van der Waals surface area contributed by atoms with Gasteiger partial charge in [-0.15, -0.1) is 11.8 Å². The first-order valence-electron chi connectivity index (χ1n) is 5.86. The fourth-order valence-electron chi connectivity index (χ4n) is 1.48. The fraction of sp³-hybridized carbons (Fsp3) is 0.143. The molecule has 0 aliphatic carbocycles. The van der Waals surface area contributed by atoms with Gasteiger partial charge in [-0.25, -0.2) is 0 Å². The molecular weight excluding hydrogens is 282 g/mol. The normalized spacial score (nSPS) is 10.6. The maximum absolute atomic E-state index is 12.1. The third kappa shape index (κ3) is 4.31. The molecule has 1 aromatic carbocycles. The number of alkyl halides is 2. The molecule has 0 bridgehead atoms. The fourth-order valence-corrected chi connectivity index (χ4v) is 2.31. The summed E-state index contributed by atoms with van der Waals surface area (Å²) in [7, 11) is 0. The summed E-state index contributed by atoms with van der Waals surface area (Å²) in [5.41, 5.74) is 1.47. The summed E-state index contributed by atoms with van der Waals surface area (Å²) < 4.78 is 24.2. The van der Waals surface area contributed by atoms with Gasteiger partial charge in [-0.05, 0) is 35.9 Å². The van der Waals surface area contributed by atoms with Crippen LogP contribution in [0.1, 0.15) is 5.56 Å². The lowest BCUT2D eigenvalue weighted by Crippen LogP contribution is -2.19. The van der Waals surface area contributed by atoms with Gasteiger partial charge in [0.1, 0.15) is 0 Å². The Morgan fingerprint density at radius 3 is 2.60 bits per heavy atom. The van der Waals surface area contributed by atoms with Crippen LogP contribution in [0.15, 0.2) is 53.7 Å². The zero-order chi connectivity index (χ0) is 14.4. The molecule has 0 radical (unpaired) electrons. The van der Waals surface area contributed by atoms with Crippen LogP contribution in [0.5, 0.6) is 0 Å². The highest BCUT2D eigenvalue weighted by Crippen LogP contribution is 2.24. The van der Waals surface area contributed by atoms with Crippen LogP contribution in [-0.2, 0) is 10.5 Å². The van der Waals surface area contributed by atoms with E-state index in [2.05, 4.69) is 10.3 Å². The van der Waals surface area contributed by atoms with Crippen molar-refractivity contribution in [2.45, 2.75) is 17.1 Å². The molecule has 1 amide bonds. The van der Waals surface area contributed by atoms with Crippen LogP contribution in [-0.4, -0.2) is 17.3 Å². The number of carbonyl (C=O) groups is 1. The number of nitrogens with zero attached hydrogens (tertiary/aromatic N) is 1. The number of anilines is 1. The molecule has 0 fully saturated rings. The van der Waals surface area contributed by atoms with Gasteiger partial charge in [-0.3, -0.25) is 9.78 Å². The molecule has 0 unspecified atom stereocenters. The average molecular weight is 294 g/mol. The van der Waals surface area contributed by atoms with Crippen molar-refractivity contribution in [2.24, 2.45) is 0 Å². The van der Waals surface area contributed by atoms with Gasteiger partial charge in [-0.1, -0.05) is 6.07 Å².